The lowest BCUT2D eigenvalue weighted by Gasteiger charge is -2.37. The van der Waals surface area contributed by atoms with Crippen LogP contribution in [0.15, 0.2) is 48.5 Å². The minimum absolute atomic E-state index is 0.0119. The highest BCUT2D eigenvalue weighted by molar-refractivity contribution is 5.83. The summed E-state index contributed by atoms with van der Waals surface area (Å²) in [5.74, 6) is 1.24. The SMILES string of the molecule is COc1cccc(OCCN2CCN(C(=O)C(c3cccc(F)c3)N(C)C)CC2)c1. The van der Waals surface area contributed by atoms with Crippen molar-refractivity contribution < 1.29 is 18.7 Å². The number of carbonyl (C=O) groups is 1. The molecule has 1 aliphatic rings. The second-order valence-electron chi connectivity index (χ2n) is 7.62. The van der Waals surface area contributed by atoms with Crippen LogP contribution in [0.4, 0.5) is 4.39 Å². The highest BCUT2D eigenvalue weighted by Crippen LogP contribution is 2.23. The van der Waals surface area contributed by atoms with E-state index in [1.165, 1.54) is 12.1 Å². The quantitative estimate of drug-likeness (QED) is 0.663. The van der Waals surface area contributed by atoms with Gasteiger partial charge in [0, 0.05) is 38.8 Å². The monoisotopic (exact) mass is 415 g/mol. The minimum Gasteiger partial charge on any atom is -0.497 e. The van der Waals surface area contributed by atoms with E-state index in [1.807, 2.05) is 48.2 Å². The number of likely N-dealkylation sites (N-methyl/N-ethyl adjacent to an activating group) is 1. The molecule has 1 aliphatic heterocycles. The number of amides is 1. The van der Waals surface area contributed by atoms with Gasteiger partial charge in [0.05, 0.1) is 7.11 Å². The Morgan fingerprint density at radius 2 is 1.77 bits per heavy atom. The molecule has 0 aliphatic carbocycles. The van der Waals surface area contributed by atoms with Crippen LogP contribution in [-0.4, -0.2) is 81.1 Å². The Kier molecular flexibility index (Phi) is 7.65. The van der Waals surface area contributed by atoms with Crippen molar-refractivity contribution in [2.24, 2.45) is 0 Å². The van der Waals surface area contributed by atoms with Gasteiger partial charge in [0.1, 0.15) is 30.0 Å². The molecule has 2 aromatic rings. The van der Waals surface area contributed by atoms with E-state index in [-0.39, 0.29) is 11.7 Å². The molecule has 1 atom stereocenters. The van der Waals surface area contributed by atoms with Crippen LogP contribution < -0.4 is 9.47 Å². The fourth-order valence-electron chi connectivity index (χ4n) is 3.69. The highest BCUT2D eigenvalue weighted by atomic mass is 19.1. The lowest BCUT2D eigenvalue weighted by Crippen LogP contribution is -2.52. The van der Waals surface area contributed by atoms with Gasteiger partial charge in [-0.15, -0.1) is 0 Å². The van der Waals surface area contributed by atoms with E-state index < -0.39 is 6.04 Å². The number of nitrogens with zero attached hydrogens (tertiary/aromatic N) is 3. The molecule has 162 valence electrons. The molecule has 0 aromatic heterocycles. The molecule has 0 bridgehead atoms. The molecule has 30 heavy (non-hydrogen) atoms. The van der Waals surface area contributed by atoms with E-state index in [0.29, 0.717) is 25.3 Å². The van der Waals surface area contributed by atoms with E-state index in [4.69, 9.17) is 9.47 Å². The van der Waals surface area contributed by atoms with E-state index in [2.05, 4.69) is 4.90 Å². The normalized spacial score (nSPS) is 15.8. The number of ether oxygens (including phenoxy) is 2. The lowest BCUT2D eigenvalue weighted by atomic mass is 10.0. The van der Waals surface area contributed by atoms with Crippen LogP contribution >= 0.6 is 0 Å². The molecule has 1 amide bonds. The summed E-state index contributed by atoms with van der Waals surface area (Å²) >= 11 is 0. The van der Waals surface area contributed by atoms with Crippen LogP contribution in [0.2, 0.25) is 0 Å². The summed E-state index contributed by atoms with van der Waals surface area (Å²) in [5, 5.41) is 0. The van der Waals surface area contributed by atoms with Crippen molar-refractivity contribution in [3.63, 3.8) is 0 Å². The van der Waals surface area contributed by atoms with Gasteiger partial charge in [0.15, 0.2) is 0 Å². The molecule has 7 heteroatoms. The first-order chi connectivity index (χ1) is 14.5. The first-order valence-electron chi connectivity index (χ1n) is 10.2. The summed E-state index contributed by atoms with van der Waals surface area (Å²) in [5.41, 5.74) is 0.680. The molecular weight excluding hydrogens is 385 g/mol. The highest BCUT2D eigenvalue weighted by Gasteiger charge is 2.30. The average molecular weight is 416 g/mol. The van der Waals surface area contributed by atoms with Gasteiger partial charge in [-0.1, -0.05) is 18.2 Å². The first kappa shape index (κ1) is 22.1. The molecule has 1 fully saturated rings. The van der Waals surface area contributed by atoms with Crippen LogP contribution in [0.1, 0.15) is 11.6 Å². The van der Waals surface area contributed by atoms with E-state index in [9.17, 15) is 9.18 Å². The predicted octanol–water partition coefficient (Wildman–Crippen LogP) is 2.66. The number of piperazine rings is 1. The van der Waals surface area contributed by atoms with Crippen LogP contribution in [-0.2, 0) is 4.79 Å². The second-order valence-corrected chi connectivity index (χ2v) is 7.62. The number of benzene rings is 2. The first-order valence-corrected chi connectivity index (χ1v) is 10.2. The Morgan fingerprint density at radius 3 is 2.43 bits per heavy atom. The number of carbonyl (C=O) groups excluding carboxylic acids is 1. The maximum Gasteiger partial charge on any atom is 0.244 e. The van der Waals surface area contributed by atoms with Crippen LogP contribution in [0.25, 0.3) is 0 Å². The standard InChI is InChI=1S/C23H30FN3O3/c1-25(2)22(18-6-4-7-19(24)16-18)23(28)27-12-10-26(11-13-27)14-15-30-21-9-5-8-20(17-21)29-3/h4-9,16-17,22H,10-15H2,1-3H3. The van der Waals surface area contributed by atoms with Gasteiger partial charge in [-0.3, -0.25) is 14.6 Å². The van der Waals surface area contributed by atoms with Crippen molar-refractivity contribution in [1.29, 1.82) is 0 Å². The molecule has 0 radical (unpaired) electrons. The lowest BCUT2D eigenvalue weighted by molar-refractivity contribution is -0.138. The summed E-state index contributed by atoms with van der Waals surface area (Å²) in [6.45, 7) is 4.24. The Morgan fingerprint density at radius 1 is 1.07 bits per heavy atom. The van der Waals surface area contributed by atoms with Crippen LogP contribution in [0, 0.1) is 5.82 Å². The maximum atomic E-state index is 13.7. The second kappa shape index (κ2) is 10.4. The largest absolute Gasteiger partial charge is 0.497 e. The summed E-state index contributed by atoms with van der Waals surface area (Å²) in [4.78, 5) is 19.1. The molecule has 2 aromatic carbocycles. The van der Waals surface area contributed by atoms with Crippen molar-refractivity contribution in [2.75, 3.05) is 60.5 Å². The van der Waals surface area contributed by atoms with Crippen LogP contribution in [0.3, 0.4) is 0 Å². The van der Waals surface area contributed by atoms with Gasteiger partial charge in [-0.25, -0.2) is 4.39 Å². The Labute approximate surface area is 177 Å². The summed E-state index contributed by atoms with van der Waals surface area (Å²) in [7, 11) is 5.33. The third-order valence-corrected chi connectivity index (χ3v) is 5.32. The van der Waals surface area contributed by atoms with Gasteiger partial charge in [0.2, 0.25) is 5.91 Å². The Hall–Kier alpha value is -2.64. The average Bonchev–Trinajstić information content (AvgIpc) is 2.74. The van der Waals surface area contributed by atoms with Gasteiger partial charge in [-0.05, 0) is 43.9 Å². The number of hydrogen-bond donors (Lipinski definition) is 0. The topological polar surface area (TPSA) is 45.3 Å². The number of halogens is 1. The third-order valence-electron chi connectivity index (χ3n) is 5.32. The molecule has 0 saturated carbocycles. The number of rotatable bonds is 8. The molecule has 1 heterocycles. The molecule has 0 spiro atoms. The molecule has 6 nitrogen and oxygen atoms in total. The zero-order valence-electron chi connectivity index (χ0n) is 17.9. The smallest absolute Gasteiger partial charge is 0.244 e. The molecule has 3 rings (SSSR count). The van der Waals surface area contributed by atoms with Crippen molar-refractivity contribution in [2.45, 2.75) is 6.04 Å². The maximum absolute atomic E-state index is 13.7. The summed E-state index contributed by atoms with van der Waals surface area (Å²) in [6.07, 6.45) is 0. The van der Waals surface area contributed by atoms with Gasteiger partial charge in [0.25, 0.3) is 0 Å². The zero-order chi connectivity index (χ0) is 21.5. The minimum atomic E-state index is -0.483. The number of methoxy groups -OCH3 is 1. The van der Waals surface area contributed by atoms with E-state index in [1.54, 1.807) is 19.2 Å². The molecule has 1 saturated heterocycles. The molecule has 1 unspecified atom stereocenters. The van der Waals surface area contributed by atoms with Gasteiger partial charge in [-0.2, -0.15) is 0 Å². The predicted molar refractivity (Wildman–Crippen MR) is 114 cm³/mol. The number of hydrogen-bond acceptors (Lipinski definition) is 5. The fraction of sp³-hybridized carbons (Fsp3) is 0.435. The molecular formula is C23H30FN3O3. The van der Waals surface area contributed by atoms with E-state index in [0.717, 1.165) is 31.1 Å². The zero-order valence-corrected chi connectivity index (χ0v) is 17.9. The molecule has 0 N–H and O–H groups in total. The fourth-order valence-corrected chi connectivity index (χ4v) is 3.69. The van der Waals surface area contributed by atoms with Crippen molar-refractivity contribution in [3.05, 3.63) is 59.9 Å². The van der Waals surface area contributed by atoms with Crippen molar-refractivity contribution in [3.8, 4) is 11.5 Å². The van der Waals surface area contributed by atoms with Crippen molar-refractivity contribution >= 4 is 5.91 Å². The Balaban J connectivity index is 1.49. The van der Waals surface area contributed by atoms with Crippen molar-refractivity contribution in [1.82, 2.24) is 14.7 Å². The third kappa shape index (κ3) is 5.70. The van der Waals surface area contributed by atoms with Crippen LogP contribution in [0.5, 0.6) is 11.5 Å². The van der Waals surface area contributed by atoms with E-state index >= 15 is 0 Å². The Bertz CT molecular complexity index is 838. The summed E-state index contributed by atoms with van der Waals surface area (Å²) in [6, 6.07) is 13.4. The van der Waals surface area contributed by atoms with Gasteiger partial charge < -0.3 is 14.4 Å². The van der Waals surface area contributed by atoms with Gasteiger partial charge >= 0.3 is 0 Å². The summed E-state index contributed by atoms with van der Waals surface area (Å²) < 4.78 is 24.7.